The van der Waals surface area contributed by atoms with Gasteiger partial charge in [0.2, 0.25) is 5.88 Å². The van der Waals surface area contributed by atoms with Crippen molar-refractivity contribution in [3.05, 3.63) is 23.9 Å². The van der Waals surface area contributed by atoms with Gasteiger partial charge in [0.25, 0.3) is 0 Å². The molecule has 7 heteroatoms. The number of rotatable bonds is 2. The number of hydrogen-bond donors (Lipinski definition) is 1. The molecule has 0 radical (unpaired) electrons. The number of hydrogen-bond acceptors (Lipinski definition) is 6. The van der Waals surface area contributed by atoms with Crippen LogP contribution in [0.3, 0.4) is 0 Å². The van der Waals surface area contributed by atoms with Crippen LogP contribution in [0.2, 0.25) is 0 Å². The first kappa shape index (κ1) is 11.8. The number of pyridine rings is 1. The first-order valence-corrected chi connectivity index (χ1v) is 6.82. The lowest BCUT2D eigenvalue weighted by Crippen LogP contribution is -2.37. The predicted octanol–water partition coefficient (Wildman–Crippen LogP) is -0.544. The van der Waals surface area contributed by atoms with Crippen LogP contribution in [-0.2, 0) is 9.84 Å². The fraction of sp³-hybridized carbons (Fsp3) is 0.400. The second-order valence-electron chi connectivity index (χ2n) is 3.86. The SMILES string of the molecule is N#Cc1cccnc1OC1CS(=O)(=O)CC1N. The van der Waals surface area contributed by atoms with E-state index >= 15 is 0 Å². The summed E-state index contributed by atoms with van der Waals surface area (Å²) in [4.78, 5) is 3.90. The van der Waals surface area contributed by atoms with Crippen molar-refractivity contribution < 1.29 is 13.2 Å². The summed E-state index contributed by atoms with van der Waals surface area (Å²) in [5.74, 6) is -0.0883. The van der Waals surface area contributed by atoms with Crippen LogP contribution in [0.5, 0.6) is 5.88 Å². The highest BCUT2D eigenvalue weighted by atomic mass is 32.2. The highest BCUT2D eigenvalue weighted by molar-refractivity contribution is 7.91. The number of aromatic nitrogens is 1. The molecule has 0 aromatic carbocycles. The molecule has 2 unspecified atom stereocenters. The molecule has 2 heterocycles. The van der Waals surface area contributed by atoms with Crippen LogP contribution in [0.25, 0.3) is 0 Å². The van der Waals surface area contributed by atoms with Crippen molar-refractivity contribution in [3.63, 3.8) is 0 Å². The Morgan fingerprint density at radius 2 is 2.29 bits per heavy atom. The Bertz CT molecular complexity index is 564. The number of nitrogens with two attached hydrogens (primary N) is 1. The van der Waals surface area contributed by atoms with Crippen LogP contribution in [0, 0.1) is 11.3 Å². The minimum absolute atomic E-state index is 0.0909. The third-order valence-electron chi connectivity index (χ3n) is 2.50. The van der Waals surface area contributed by atoms with Crippen LogP contribution in [0.1, 0.15) is 5.56 Å². The molecule has 0 aliphatic carbocycles. The number of nitrogens with zero attached hydrogens (tertiary/aromatic N) is 2. The van der Waals surface area contributed by atoms with Crippen molar-refractivity contribution in [2.75, 3.05) is 11.5 Å². The van der Waals surface area contributed by atoms with Crippen LogP contribution in [0.4, 0.5) is 0 Å². The molecule has 6 nitrogen and oxygen atoms in total. The first-order valence-electron chi connectivity index (χ1n) is 4.99. The summed E-state index contributed by atoms with van der Waals surface area (Å²) in [6.07, 6.45) is 0.840. The second-order valence-corrected chi connectivity index (χ2v) is 6.02. The maximum atomic E-state index is 11.4. The molecule has 2 N–H and O–H groups in total. The van der Waals surface area contributed by atoms with E-state index in [1.54, 1.807) is 12.1 Å². The molecule has 0 amide bonds. The Hall–Kier alpha value is -1.65. The lowest BCUT2D eigenvalue weighted by Gasteiger charge is -2.15. The lowest BCUT2D eigenvalue weighted by atomic mass is 10.2. The van der Waals surface area contributed by atoms with Crippen LogP contribution >= 0.6 is 0 Å². The summed E-state index contributed by atoms with van der Waals surface area (Å²) in [6, 6.07) is 4.51. The molecule has 2 rings (SSSR count). The van der Waals surface area contributed by atoms with Crippen LogP contribution in [0.15, 0.2) is 18.3 Å². The van der Waals surface area contributed by atoms with E-state index < -0.39 is 22.0 Å². The average molecular weight is 253 g/mol. The first-order chi connectivity index (χ1) is 8.02. The number of ether oxygens (including phenoxy) is 1. The van der Waals surface area contributed by atoms with Gasteiger partial charge in [0.1, 0.15) is 17.7 Å². The van der Waals surface area contributed by atoms with Gasteiger partial charge >= 0.3 is 0 Å². The Labute approximate surface area is 98.9 Å². The zero-order valence-electron chi connectivity index (χ0n) is 8.91. The smallest absolute Gasteiger partial charge is 0.231 e. The molecule has 0 spiro atoms. The third-order valence-corrected chi connectivity index (χ3v) is 4.23. The van der Waals surface area contributed by atoms with Gasteiger partial charge in [0.05, 0.1) is 17.5 Å². The highest BCUT2D eigenvalue weighted by Gasteiger charge is 2.37. The van der Waals surface area contributed by atoms with Gasteiger partial charge in [0, 0.05) is 6.20 Å². The van der Waals surface area contributed by atoms with Gasteiger partial charge in [-0.1, -0.05) is 0 Å². The molecule has 90 valence electrons. The van der Waals surface area contributed by atoms with Crippen molar-refractivity contribution in [3.8, 4) is 11.9 Å². The van der Waals surface area contributed by atoms with Gasteiger partial charge in [-0.2, -0.15) is 5.26 Å². The summed E-state index contributed by atoms with van der Waals surface area (Å²) in [6.45, 7) is 0. The van der Waals surface area contributed by atoms with Crippen LogP contribution < -0.4 is 10.5 Å². The largest absolute Gasteiger partial charge is 0.471 e. The molecule has 2 atom stereocenters. The van der Waals surface area contributed by atoms with Crippen molar-refractivity contribution in [2.45, 2.75) is 12.1 Å². The average Bonchev–Trinajstić information content (AvgIpc) is 2.52. The zero-order valence-corrected chi connectivity index (χ0v) is 9.72. The summed E-state index contributed by atoms with van der Waals surface area (Å²) in [7, 11) is -3.15. The highest BCUT2D eigenvalue weighted by Crippen LogP contribution is 2.20. The molecule has 0 bridgehead atoms. The Balaban J connectivity index is 2.20. The summed E-state index contributed by atoms with van der Waals surface area (Å²) in [5.41, 5.74) is 5.95. The molecule has 1 fully saturated rings. The lowest BCUT2D eigenvalue weighted by molar-refractivity contribution is 0.200. The third kappa shape index (κ3) is 2.54. The Morgan fingerprint density at radius 1 is 1.53 bits per heavy atom. The van der Waals surface area contributed by atoms with E-state index in [4.69, 9.17) is 15.7 Å². The minimum atomic E-state index is -3.15. The maximum Gasteiger partial charge on any atom is 0.231 e. The predicted molar refractivity (Wildman–Crippen MR) is 60.0 cm³/mol. The molecular weight excluding hydrogens is 242 g/mol. The molecule has 1 aliphatic rings. The summed E-state index contributed by atoms with van der Waals surface area (Å²) >= 11 is 0. The maximum absolute atomic E-state index is 11.4. The molecule has 1 aromatic rings. The molecular formula is C10H11N3O3S. The van der Waals surface area contributed by atoms with Gasteiger partial charge in [-0.25, -0.2) is 13.4 Å². The standard InChI is InChI=1S/C10H11N3O3S/c11-4-7-2-1-3-13-10(7)16-9-6-17(14,15)5-8(9)12/h1-3,8-9H,5-6,12H2. The van der Waals surface area contributed by atoms with Gasteiger partial charge in [-0.05, 0) is 12.1 Å². The quantitative estimate of drug-likeness (QED) is 0.758. The van der Waals surface area contributed by atoms with E-state index in [0.717, 1.165) is 0 Å². The van der Waals surface area contributed by atoms with E-state index in [-0.39, 0.29) is 22.9 Å². The zero-order chi connectivity index (χ0) is 12.5. The molecule has 1 aromatic heterocycles. The normalized spacial score (nSPS) is 26.4. The molecule has 1 aliphatic heterocycles. The van der Waals surface area contributed by atoms with Crippen molar-refractivity contribution in [1.29, 1.82) is 5.26 Å². The van der Waals surface area contributed by atoms with Crippen molar-refractivity contribution in [1.82, 2.24) is 4.98 Å². The Morgan fingerprint density at radius 3 is 2.88 bits per heavy atom. The van der Waals surface area contributed by atoms with Crippen molar-refractivity contribution in [2.24, 2.45) is 5.73 Å². The van der Waals surface area contributed by atoms with Crippen LogP contribution in [-0.4, -0.2) is 37.1 Å². The van der Waals surface area contributed by atoms with Gasteiger partial charge in [-0.15, -0.1) is 0 Å². The fourth-order valence-corrected chi connectivity index (χ4v) is 3.43. The van der Waals surface area contributed by atoms with E-state index in [1.165, 1.54) is 6.20 Å². The van der Waals surface area contributed by atoms with Gasteiger partial charge < -0.3 is 10.5 Å². The van der Waals surface area contributed by atoms with E-state index in [1.807, 2.05) is 6.07 Å². The summed E-state index contributed by atoms with van der Waals surface area (Å²) in [5, 5.41) is 8.84. The van der Waals surface area contributed by atoms with E-state index in [9.17, 15) is 8.42 Å². The van der Waals surface area contributed by atoms with Crippen molar-refractivity contribution >= 4 is 9.84 Å². The minimum Gasteiger partial charge on any atom is -0.471 e. The molecule has 0 saturated carbocycles. The van der Waals surface area contributed by atoms with Gasteiger partial charge in [-0.3, -0.25) is 0 Å². The van der Waals surface area contributed by atoms with Gasteiger partial charge in [0.15, 0.2) is 9.84 Å². The monoisotopic (exact) mass is 253 g/mol. The fourth-order valence-electron chi connectivity index (χ4n) is 1.68. The second kappa shape index (κ2) is 4.31. The topological polar surface area (TPSA) is 106 Å². The van der Waals surface area contributed by atoms with E-state index in [0.29, 0.717) is 0 Å². The summed E-state index contributed by atoms with van der Waals surface area (Å²) < 4.78 is 28.1. The number of nitriles is 1. The number of sulfone groups is 1. The Kier molecular flexibility index (Phi) is 3.00. The molecule has 1 saturated heterocycles. The molecule has 17 heavy (non-hydrogen) atoms. The van der Waals surface area contributed by atoms with E-state index in [2.05, 4.69) is 4.98 Å².